The predicted octanol–water partition coefficient (Wildman–Crippen LogP) is 1.15. The molecule has 3 aromatic heterocycles. The Kier molecular flexibility index (Phi) is 26.3. The Morgan fingerprint density at radius 1 is 1.02 bits per heavy atom. The van der Waals surface area contributed by atoms with Gasteiger partial charge in [0, 0.05) is 47.5 Å². The minimum Gasteiger partial charge on any atom is -0.494 e. The number of nitrogens with two attached hydrogens (primary N) is 3. The zero-order valence-electron chi connectivity index (χ0n) is 46.9. The number of benzene rings is 1. The number of likely N-dealkylation sites (tertiary alicyclic amines) is 1. The number of carbonyl (C=O) groups excluding carboxylic acids is 4. The van der Waals surface area contributed by atoms with Crippen molar-refractivity contribution in [3.05, 3.63) is 87.1 Å². The maximum atomic E-state index is 13.1. The summed E-state index contributed by atoms with van der Waals surface area (Å²) in [5.74, 6) is -0.961. The number of nitro groups is 1. The molecule has 6 heterocycles. The molecular weight excluding hydrogens is 1210 g/mol. The molecule has 3 unspecified atom stereocenters. The monoisotopic (exact) mass is 1280 g/mol. The fourth-order valence-electron chi connectivity index (χ4n) is 9.33. The van der Waals surface area contributed by atoms with Crippen molar-refractivity contribution in [2.24, 2.45) is 16.6 Å². The van der Waals surface area contributed by atoms with Crippen LogP contribution in [0.2, 0.25) is 0 Å². The van der Waals surface area contributed by atoms with Crippen LogP contribution in [0.5, 0.6) is 5.75 Å². The summed E-state index contributed by atoms with van der Waals surface area (Å²) in [4.78, 5) is 88.4. The summed E-state index contributed by atoms with van der Waals surface area (Å²) in [6.07, 6.45) is 0.0482. The summed E-state index contributed by atoms with van der Waals surface area (Å²) in [7, 11) is -8.72. The van der Waals surface area contributed by atoms with Crippen LogP contribution in [-0.4, -0.2) is 181 Å². The van der Waals surface area contributed by atoms with Gasteiger partial charge in [0.25, 0.3) is 17.8 Å². The number of fused-ring (bicyclic) bond motifs is 1. The number of anilines is 1. The fourth-order valence-corrected chi connectivity index (χ4v) is 11.8. The summed E-state index contributed by atoms with van der Waals surface area (Å²) in [5, 5.41) is 46.4. The number of aliphatic hydroxyl groups excluding tert-OH is 2. The van der Waals surface area contributed by atoms with Gasteiger partial charge in [0.05, 0.1) is 46.6 Å². The third kappa shape index (κ3) is 19.5. The minimum atomic E-state index is -5.27. The number of hydrogen-bond donors (Lipinski definition) is 9. The van der Waals surface area contributed by atoms with Crippen molar-refractivity contribution in [2.45, 2.75) is 112 Å². The number of pyridine rings is 1. The Morgan fingerprint density at radius 3 is 2.54 bits per heavy atom. The molecule has 0 spiro atoms. The number of rotatable bonds is 39. The molecule has 0 radical (unpaired) electrons. The number of aromatic nitrogens is 5. The number of ether oxygens (including phenoxy) is 4. The van der Waals surface area contributed by atoms with Gasteiger partial charge in [-0.3, -0.25) is 43.3 Å². The van der Waals surface area contributed by atoms with Crippen LogP contribution < -0.4 is 42.5 Å². The number of nitrogen functional groups attached to an aromatic ring is 1. The van der Waals surface area contributed by atoms with Gasteiger partial charge in [0.2, 0.25) is 17.7 Å². The highest BCUT2D eigenvalue weighted by Crippen LogP contribution is 2.48. The highest BCUT2D eigenvalue weighted by Gasteiger charge is 2.52. The average Bonchev–Trinajstić information content (AvgIpc) is 3.28. The topological polar surface area (TPSA) is 494 Å². The van der Waals surface area contributed by atoms with Crippen LogP contribution in [0.25, 0.3) is 21.6 Å². The van der Waals surface area contributed by atoms with Gasteiger partial charge in [-0.25, -0.2) is 19.5 Å². The van der Waals surface area contributed by atoms with Crippen molar-refractivity contribution >= 4 is 74.1 Å². The number of primary amides is 1. The van der Waals surface area contributed by atoms with Crippen LogP contribution in [-0.2, 0) is 62.7 Å². The predicted molar refractivity (Wildman–Crippen MR) is 304 cm³/mol. The normalized spacial score (nSPS) is 22.8. The lowest BCUT2D eigenvalue weighted by Crippen LogP contribution is -2.47. The number of hydrogen-bond acceptors (Lipinski definition) is 27. The van der Waals surface area contributed by atoms with Crippen LogP contribution in [0.15, 0.2) is 60.5 Å². The second-order valence-corrected chi connectivity index (χ2v) is 23.4. The van der Waals surface area contributed by atoms with E-state index in [9.17, 15) is 59.1 Å². The van der Waals surface area contributed by atoms with Gasteiger partial charge in [-0.2, -0.15) is 4.57 Å². The number of phosphoric acid groups is 1. The number of carbonyl (C=O) groups is 4. The molecule has 4 amide bonds. The first-order chi connectivity index (χ1) is 41.9. The number of imidazole rings is 1. The molecule has 12 N–H and O–H groups in total. The Bertz CT molecular complexity index is 3120. The van der Waals surface area contributed by atoms with Crippen LogP contribution in [0.1, 0.15) is 79.7 Å². The lowest BCUT2D eigenvalue weighted by molar-refractivity contribution is -0.766. The summed E-state index contributed by atoms with van der Waals surface area (Å²) in [6, 6.07) is 5.48. The number of azide groups is 1. The molecular formula is C49H70N16O19P2S+2. The fraction of sp³-hybridized carbons (Fsp3) is 0.592. The number of aliphatic hydroxyl groups is 2. The number of amides is 4. The number of phosphoric ester groups is 1. The molecule has 0 aliphatic carbocycles. The lowest BCUT2D eigenvalue weighted by Gasteiger charge is -2.18. The molecule has 35 nitrogen and oxygen atoms in total. The number of imide groups is 1. The van der Waals surface area contributed by atoms with Gasteiger partial charge in [0.15, 0.2) is 36.2 Å². The van der Waals surface area contributed by atoms with Gasteiger partial charge >= 0.3 is 16.1 Å². The van der Waals surface area contributed by atoms with E-state index in [1.54, 1.807) is 0 Å². The van der Waals surface area contributed by atoms with Gasteiger partial charge in [-0.05, 0) is 101 Å². The van der Waals surface area contributed by atoms with Crippen LogP contribution in [0.4, 0.5) is 11.5 Å². The first-order valence-corrected chi connectivity index (χ1v) is 31.3. The van der Waals surface area contributed by atoms with E-state index in [-0.39, 0.29) is 83.3 Å². The summed E-state index contributed by atoms with van der Waals surface area (Å²) >= 11 is 1.33. The molecule has 38 heteroatoms. The molecule has 3 aliphatic rings. The third-order valence-electron chi connectivity index (χ3n) is 13.8. The van der Waals surface area contributed by atoms with Crippen molar-refractivity contribution in [1.82, 2.24) is 40.4 Å². The molecule has 0 bridgehead atoms. The molecule has 0 saturated carbocycles. The van der Waals surface area contributed by atoms with E-state index in [0.29, 0.717) is 31.7 Å². The van der Waals surface area contributed by atoms with Crippen molar-refractivity contribution < 1.29 is 90.2 Å². The van der Waals surface area contributed by atoms with Crippen molar-refractivity contribution in [1.29, 1.82) is 0 Å². The molecule has 3 aliphatic heterocycles. The van der Waals surface area contributed by atoms with Gasteiger partial charge in [0.1, 0.15) is 60.2 Å². The number of nitro benzene ring substituents is 1. The highest BCUT2D eigenvalue weighted by atomic mass is 32.2. The molecule has 4 aromatic rings. The smallest absolute Gasteiger partial charge is 0.494 e. The Balaban J connectivity index is 0.859. The van der Waals surface area contributed by atoms with Crippen molar-refractivity contribution in [2.75, 3.05) is 77.1 Å². The van der Waals surface area contributed by atoms with Crippen LogP contribution in [0.3, 0.4) is 0 Å². The van der Waals surface area contributed by atoms with E-state index in [4.69, 9.17) is 45.2 Å². The molecule has 3 fully saturated rings. The largest absolute Gasteiger partial charge is 0.729 e. The van der Waals surface area contributed by atoms with E-state index in [1.807, 2.05) is 0 Å². The van der Waals surface area contributed by atoms with Gasteiger partial charge in [-0.15, -0.1) is 16.3 Å². The second kappa shape index (κ2) is 33.7. The molecule has 3 saturated heterocycles. The zero-order valence-corrected chi connectivity index (χ0v) is 49.5. The van der Waals surface area contributed by atoms with Crippen molar-refractivity contribution in [3.63, 3.8) is 0 Å². The zero-order chi connectivity index (χ0) is 62.5. The maximum Gasteiger partial charge on any atom is 0.729 e. The average molecular weight is 1280 g/mol. The molecule has 7 rings (SSSR count). The van der Waals surface area contributed by atoms with Crippen LogP contribution in [0, 0.1) is 10.1 Å². The number of nitrogens with one attached hydrogen (secondary N) is 3. The quantitative estimate of drug-likeness (QED) is 0.00289. The summed E-state index contributed by atoms with van der Waals surface area (Å²) < 4.78 is 71.3. The summed E-state index contributed by atoms with van der Waals surface area (Å²) in [5.41, 5.74) is 26.6. The number of nitrogens with zero attached hydrogens (tertiary/aromatic N) is 10. The first-order valence-electron chi connectivity index (χ1n) is 27.6. The molecule has 11 atom stereocenters. The summed E-state index contributed by atoms with van der Waals surface area (Å²) in [6.45, 7) is 2.70. The van der Waals surface area contributed by atoms with E-state index in [0.717, 1.165) is 63.1 Å². The number of unbranched alkanes of at least 4 members (excludes halogenated alkanes) is 2. The Hall–Kier alpha value is -6.53. The van der Waals surface area contributed by atoms with Crippen molar-refractivity contribution in [3.8, 4) is 5.75 Å². The standard InChI is InChI=1S/C49H68N16O19P2S/c50-12-6-15-54-13-1-2-14-55-16-7-17-56-37(66)11-19-63-38(67)23-36(47(63)71)87-21-4-3-20-77-32-9-10-33(65(72)73)31(22-32)25-78-43-39(60-61-53)34(81-49(43)62-18-5-8-30(24-62)45(52)70)26-79-85(74)83-84-86(75,76)80-27-35-41(68)42(69)48(82-35)64-29-59-40-44(51)57-28-58-46(40)64/h5,8-10,18,22,24,28-29,34-36,39,41-43,48-49,54-55,68-69H,1-4,6-7,11-17,19-21,23,25-27,50H2,(H4-2,51,52,56,57,58,66,70,75,76)/p+2/t34-,35-,36?,39-,41-,42-,43-,48-,49-/m1/s1. The molecule has 87 heavy (non-hydrogen) atoms. The van der Waals surface area contributed by atoms with E-state index >= 15 is 0 Å². The van der Waals surface area contributed by atoms with E-state index < -0.39 is 101 Å². The Morgan fingerprint density at radius 2 is 1.79 bits per heavy atom. The second-order valence-electron chi connectivity index (χ2n) is 19.9. The lowest BCUT2D eigenvalue weighted by atomic mass is 10.1. The third-order valence-corrected chi connectivity index (χ3v) is 16.5. The maximum absolute atomic E-state index is 13.1. The Labute approximate surface area is 501 Å². The highest BCUT2D eigenvalue weighted by molar-refractivity contribution is 8.00. The van der Waals surface area contributed by atoms with E-state index in [1.165, 1.54) is 69.9 Å². The van der Waals surface area contributed by atoms with Gasteiger partial charge in [-0.1, -0.05) is 9.79 Å². The van der Waals surface area contributed by atoms with Crippen LogP contribution >= 0.6 is 27.8 Å². The minimum absolute atomic E-state index is 0.00381. The molecule has 1 aromatic carbocycles. The van der Waals surface area contributed by atoms with Gasteiger partial charge < -0.3 is 67.2 Å². The van der Waals surface area contributed by atoms with E-state index in [2.05, 4.69) is 50.3 Å². The number of thioether (sulfide) groups is 1. The first kappa shape index (κ1) is 68.0. The SMILES string of the molecule is [N-]=[N+]=N[C@H]1[C@@H](OCc2cc(OCCCCSC3CC(=O)N(CCC(=O)NCCCNCCCCNCCCN)C3=O)ccc2[N+](=O)[O-])[C@H]([n+]2cccc(C(N)=O)c2)O[C@@H]1CO[P+](=O)OOP(=O)(O)OC[C@H]1O[C@@H](n2cnc3c(N)ncnc32)[C@H](O)[C@@H]1O. The molecule has 474 valence electrons.